The third-order valence-electron chi connectivity index (χ3n) is 5.42. The summed E-state index contributed by atoms with van der Waals surface area (Å²) in [4.78, 5) is 0. The highest BCUT2D eigenvalue weighted by Crippen LogP contribution is 2.24. The van der Waals surface area contributed by atoms with Gasteiger partial charge in [-0.15, -0.1) is 0 Å². The molecule has 4 aromatic rings. The van der Waals surface area contributed by atoms with E-state index in [-0.39, 0.29) is 16.3 Å². The summed E-state index contributed by atoms with van der Waals surface area (Å²) >= 11 is 0. The first-order valence-corrected chi connectivity index (χ1v) is 11.1. The van der Waals surface area contributed by atoms with Gasteiger partial charge in [-0.25, -0.2) is 17.6 Å². The molecule has 0 aromatic heterocycles. The Labute approximate surface area is 201 Å². The number of hydrogen-bond acceptors (Lipinski definition) is 0. The predicted octanol–water partition coefficient (Wildman–Crippen LogP) is 7.70. The number of halogens is 4. The highest BCUT2D eigenvalue weighted by atomic mass is 19.2. The second-order valence-electron chi connectivity index (χ2n) is 7.92. The molecule has 0 heterocycles. The summed E-state index contributed by atoms with van der Waals surface area (Å²) in [6.45, 7) is 2.00. The molecule has 0 saturated heterocycles. The van der Waals surface area contributed by atoms with E-state index < -0.39 is 23.3 Å². The zero-order chi connectivity index (χ0) is 24.8. The summed E-state index contributed by atoms with van der Waals surface area (Å²) in [5, 5.41) is 0.122. The van der Waals surface area contributed by atoms with Crippen LogP contribution in [0.5, 0.6) is 0 Å². The lowest BCUT2D eigenvalue weighted by Crippen LogP contribution is -1.92. The standard InChI is InChI=1S/C31H20F4/c1-2-3-4-5-21-6-8-22(9-7-21)10-11-24-13-16-25(28(32)19-24)15-12-23-14-17-27-26(18-23)20-29(33)31(35)30(27)34/h2-3,6-9,13-14,16-20H,4-5H2,1H3/b3-2+. The number of rotatable bonds is 3. The third kappa shape index (κ3) is 5.81. The second kappa shape index (κ2) is 10.8. The molecule has 0 atom stereocenters. The van der Waals surface area contributed by atoms with Gasteiger partial charge in [0.05, 0.1) is 5.56 Å². The van der Waals surface area contributed by atoms with Crippen LogP contribution in [0.15, 0.2) is 78.9 Å². The van der Waals surface area contributed by atoms with Crippen molar-refractivity contribution >= 4 is 10.8 Å². The van der Waals surface area contributed by atoms with Crippen molar-refractivity contribution in [1.29, 1.82) is 0 Å². The van der Waals surface area contributed by atoms with Crippen molar-refractivity contribution in [1.82, 2.24) is 0 Å². The first kappa shape index (κ1) is 23.9. The maximum absolute atomic E-state index is 14.6. The fourth-order valence-electron chi connectivity index (χ4n) is 3.53. The van der Waals surface area contributed by atoms with Gasteiger partial charge in [-0.05, 0) is 79.2 Å². The summed E-state index contributed by atoms with van der Waals surface area (Å²) in [7, 11) is 0. The first-order chi connectivity index (χ1) is 16.9. The summed E-state index contributed by atoms with van der Waals surface area (Å²) in [6, 6.07) is 17.6. The van der Waals surface area contributed by atoms with Crippen LogP contribution in [0.1, 0.15) is 41.2 Å². The van der Waals surface area contributed by atoms with Gasteiger partial charge in [0.15, 0.2) is 17.5 Å². The Balaban J connectivity index is 1.50. The lowest BCUT2D eigenvalue weighted by Gasteiger charge is -2.02. The molecule has 0 aliphatic heterocycles. The van der Waals surface area contributed by atoms with E-state index in [1.54, 1.807) is 6.07 Å². The molecule has 172 valence electrons. The van der Waals surface area contributed by atoms with Gasteiger partial charge in [0.2, 0.25) is 0 Å². The normalized spacial score (nSPS) is 10.7. The van der Waals surface area contributed by atoms with E-state index in [4.69, 9.17) is 0 Å². The number of fused-ring (bicyclic) bond motifs is 1. The van der Waals surface area contributed by atoms with Crippen molar-refractivity contribution in [3.05, 3.63) is 130 Å². The van der Waals surface area contributed by atoms with Gasteiger partial charge in [-0.3, -0.25) is 0 Å². The SMILES string of the molecule is C/C=C/CCc1ccc(C#Cc2ccc(C#Cc3ccc4c(F)c(F)c(F)cc4c3)c(F)c2)cc1. The van der Waals surface area contributed by atoms with E-state index in [1.807, 2.05) is 37.3 Å². The molecule has 4 rings (SSSR count). The Morgan fingerprint density at radius 3 is 2.06 bits per heavy atom. The van der Waals surface area contributed by atoms with Crippen LogP contribution < -0.4 is 0 Å². The number of benzene rings is 4. The molecule has 0 aliphatic rings. The Hall–Kier alpha value is -4.28. The molecule has 0 amide bonds. The summed E-state index contributed by atoms with van der Waals surface area (Å²) in [5.74, 6) is 6.93. The topological polar surface area (TPSA) is 0 Å². The fourth-order valence-corrected chi connectivity index (χ4v) is 3.53. The number of hydrogen-bond donors (Lipinski definition) is 0. The minimum atomic E-state index is -1.52. The molecule has 0 fully saturated rings. The number of allylic oxidation sites excluding steroid dienone is 2. The van der Waals surface area contributed by atoms with Crippen molar-refractivity contribution in [3.8, 4) is 23.7 Å². The smallest absolute Gasteiger partial charge is 0.195 e. The minimum Gasteiger partial charge on any atom is -0.206 e. The third-order valence-corrected chi connectivity index (χ3v) is 5.42. The molecule has 35 heavy (non-hydrogen) atoms. The van der Waals surface area contributed by atoms with Crippen LogP contribution in [-0.4, -0.2) is 0 Å². The van der Waals surface area contributed by atoms with Crippen LogP contribution in [0.25, 0.3) is 10.8 Å². The maximum Gasteiger partial charge on any atom is 0.195 e. The molecule has 0 spiro atoms. The fraction of sp³-hybridized carbons (Fsp3) is 0.0968. The summed E-state index contributed by atoms with van der Waals surface area (Å²) < 4.78 is 55.3. The Morgan fingerprint density at radius 1 is 0.657 bits per heavy atom. The van der Waals surface area contributed by atoms with Gasteiger partial charge in [0.1, 0.15) is 5.82 Å². The van der Waals surface area contributed by atoms with Crippen LogP contribution >= 0.6 is 0 Å². The zero-order valence-electron chi connectivity index (χ0n) is 18.9. The van der Waals surface area contributed by atoms with E-state index in [0.717, 1.165) is 24.5 Å². The van der Waals surface area contributed by atoms with Gasteiger partial charge in [-0.1, -0.05) is 54.0 Å². The molecule has 0 saturated carbocycles. The van der Waals surface area contributed by atoms with E-state index >= 15 is 0 Å². The van der Waals surface area contributed by atoms with Gasteiger partial charge < -0.3 is 0 Å². The largest absolute Gasteiger partial charge is 0.206 e. The van der Waals surface area contributed by atoms with Crippen LogP contribution in [0, 0.1) is 47.0 Å². The predicted molar refractivity (Wildman–Crippen MR) is 132 cm³/mol. The van der Waals surface area contributed by atoms with Crippen molar-refractivity contribution < 1.29 is 17.6 Å². The Morgan fingerprint density at radius 2 is 1.31 bits per heavy atom. The maximum atomic E-state index is 14.6. The second-order valence-corrected chi connectivity index (χ2v) is 7.92. The average molecular weight is 468 g/mol. The zero-order valence-corrected chi connectivity index (χ0v) is 18.9. The highest BCUT2D eigenvalue weighted by molar-refractivity contribution is 5.84. The van der Waals surface area contributed by atoms with Crippen molar-refractivity contribution in [2.45, 2.75) is 19.8 Å². The molecular weight excluding hydrogens is 448 g/mol. The lowest BCUT2D eigenvalue weighted by molar-refractivity contribution is 0.453. The van der Waals surface area contributed by atoms with Crippen molar-refractivity contribution in [3.63, 3.8) is 0 Å². The molecule has 4 heteroatoms. The minimum absolute atomic E-state index is 0.0492. The number of aryl methyl sites for hydroxylation is 1. The molecular formula is C31H20F4. The highest BCUT2D eigenvalue weighted by Gasteiger charge is 2.13. The van der Waals surface area contributed by atoms with E-state index in [0.29, 0.717) is 11.1 Å². The van der Waals surface area contributed by atoms with E-state index in [9.17, 15) is 17.6 Å². The van der Waals surface area contributed by atoms with Gasteiger partial charge in [-0.2, -0.15) is 0 Å². The lowest BCUT2D eigenvalue weighted by atomic mass is 10.1. The summed E-state index contributed by atoms with van der Waals surface area (Å²) in [6.07, 6.45) is 6.13. The van der Waals surface area contributed by atoms with E-state index in [2.05, 4.69) is 29.8 Å². The van der Waals surface area contributed by atoms with Gasteiger partial charge in [0.25, 0.3) is 0 Å². The molecule has 0 nitrogen and oxygen atoms in total. The molecule has 0 unspecified atom stereocenters. The Kier molecular flexibility index (Phi) is 7.34. The van der Waals surface area contributed by atoms with Crippen LogP contribution in [-0.2, 0) is 6.42 Å². The molecule has 0 bridgehead atoms. The monoisotopic (exact) mass is 468 g/mol. The molecule has 0 aliphatic carbocycles. The molecule has 0 radical (unpaired) electrons. The quantitative estimate of drug-likeness (QED) is 0.125. The van der Waals surface area contributed by atoms with Crippen LogP contribution in [0.3, 0.4) is 0 Å². The molecule has 4 aromatic carbocycles. The Bertz CT molecular complexity index is 1540. The van der Waals surface area contributed by atoms with Gasteiger partial charge in [0, 0.05) is 22.1 Å². The summed E-state index contributed by atoms with van der Waals surface area (Å²) in [5.41, 5.74) is 3.17. The van der Waals surface area contributed by atoms with Crippen molar-refractivity contribution in [2.75, 3.05) is 0 Å². The van der Waals surface area contributed by atoms with Crippen molar-refractivity contribution in [2.24, 2.45) is 0 Å². The van der Waals surface area contributed by atoms with Crippen LogP contribution in [0.2, 0.25) is 0 Å². The van der Waals surface area contributed by atoms with E-state index in [1.165, 1.54) is 35.9 Å². The first-order valence-electron chi connectivity index (χ1n) is 11.1. The average Bonchev–Trinajstić information content (AvgIpc) is 2.86. The van der Waals surface area contributed by atoms with Gasteiger partial charge >= 0.3 is 0 Å². The molecule has 0 N–H and O–H groups in total. The van der Waals surface area contributed by atoms with Crippen LogP contribution in [0.4, 0.5) is 17.6 Å².